The van der Waals surface area contributed by atoms with Crippen LogP contribution in [0.3, 0.4) is 0 Å². The Morgan fingerprint density at radius 3 is 3.08 bits per heavy atom. The largest absolute Gasteiger partial charge is 0.462 e. The summed E-state index contributed by atoms with van der Waals surface area (Å²) in [7, 11) is 0. The molecule has 0 amide bonds. The molecule has 6 heteroatoms. The van der Waals surface area contributed by atoms with Crippen LogP contribution in [0.1, 0.15) is 5.76 Å². The van der Waals surface area contributed by atoms with Crippen molar-refractivity contribution in [2.45, 2.75) is 0 Å². The molecule has 0 radical (unpaired) electrons. The molecule has 1 heterocycles. The van der Waals surface area contributed by atoms with E-state index in [-0.39, 0.29) is 5.11 Å². The molecule has 0 saturated heterocycles. The summed E-state index contributed by atoms with van der Waals surface area (Å²) in [5, 5.41) is 3.83. The van der Waals surface area contributed by atoms with Crippen LogP contribution in [0, 0.1) is 0 Å². The van der Waals surface area contributed by atoms with Crippen LogP contribution in [0.5, 0.6) is 0 Å². The highest BCUT2D eigenvalue weighted by Gasteiger charge is 1.97. The molecule has 0 aliphatic rings. The van der Waals surface area contributed by atoms with Gasteiger partial charge in [-0.1, -0.05) is 0 Å². The second-order valence-corrected chi connectivity index (χ2v) is 3.16. The van der Waals surface area contributed by atoms with Crippen LogP contribution in [0.4, 0.5) is 0 Å². The molecule has 0 aromatic carbocycles. The van der Waals surface area contributed by atoms with Crippen molar-refractivity contribution in [1.82, 2.24) is 5.43 Å². The Hall–Kier alpha value is -0.880. The van der Waals surface area contributed by atoms with Gasteiger partial charge in [-0.2, -0.15) is 5.10 Å². The average Bonchev–Trinajstić information content (AvgIpc) is 2.36. The summed E-state index contributed by atoms with van der Waals surface area (Å²) in [4.78, 5) is 0. The Balaban J connectivity index is 2.57. The fourth-order valence-electron chi connectivity index (χ4n) is 0.552. The van der Waals surface area contributed by atoms with Gasteiger partial charge in [-0.05, 0) is 34.2 Å². The van der Waals surface area contributed by atoms with Gasteiger partial charge in [0, 0.05) is 0 Å². The highest BCUT2D eigenvalue weighted by molar-refractivity contribution is 9.10. The van der Waals surface area contributed by atoms with Crippen LogP contribution in [-0.4, -0.2) is 11.3 Å². The minimum atomic E-state index is 0.119. The highest BCUT2D eigenvalue weighted by Crippen LogP contribution is 2.14. The fourth-order valence-corrected chi connectivity index (χ4v) is 0.909. The van der Waals surface area contributed by atoms with Gasteiger partial charge >= 0.3 is 0 Å². The predicted octanol–water partition coefficient (Wildman–Crippen LogP) is 1.21. The number of rotatable bonds is 2. The third-order valence-electron chi connectivity index (χ3n) is 1.00. The SMILES string of the molecule is NC(=S)N/N=C/c1occc1Br. The third kappa shape index (κ3) is 2.63. The molecule has 3 N–H and O–H groups in total. The van der Waals surface area contributed by atoms with Crippen molar-refractivity contribution in [2.24, 2.45) is 10.8 Å². The maximum atomic E-state index is 5.13. The van der Waals surface area contributed by atoms with Gasteiger partial charge in [0.1, 0.15) is 0 Å². The van der Waals surface area contributed by atoms with Crippen LogP contribution in [0.25, 0.3) is 0 Å². The van der Waals surface area contributed by atoms with Gasteiger partial charge in [0.15, 0.2) is 10.9 Å². The van der Waals surface area contributed by atoms with Crippen LogP contribution < -0.4 is 11.2 Å². The quantitative estimate of drug-likeness (QED) is 0.469. The molecule has 64 valence electrons. The molecular weight excluding hydrogens is 242 g/mol. The van der Waals surface area contributed by atoms with Crippen molar-refractivity contribution in [2.75, 3.05) is 0 Å². The van der Waals surface area contributed by atoms with Gasteiger partial charge in [-0.15, -0.1) is 0 Å². The first-order valence-electron chi connectivity index (χ1n) is 3.01. The summed E-state index contributed by atoms with van der Waals surface area (Å²) >= 11 is 7.79. The van der Waals surface area contributed by atoms with E-state index in [2.05, 4.69) is 38.7 Å². The Kier molecular flexibility index (Phi) is 3.24. The van der Waals surface area contributed by atoms with Gasteiger partial charge in [0.05, 0.1) is 17.0 Å². The summed E-state index contributed by atoms with van der Waals surface area (Å²) in [5.74, 6) is 0.610. The molecule has 1 rings (SSSR count). The zero-order valence-corrected chi connectivity index (χ0v) is 8.35. The monoisotopic (exact) mass is 247 g/mol. The fraction of sp³-hybridized carbons (Fsp3) is 0. The van der Waals surface area contributed by atoms with Crippen molar-refractivity contribution < 1.29 is 4.42 Å². The number of hydrazone groups is 1. The van der Waals surface area contributed by atoms with E-state index in [4.69, 9.17) is 10.2 Å². The van der Waals surface area contributed by atoms with E-state index in [1.807, 2.05) is 0 Å². The minimum Gasteiger partial charge on any atom is -0.462 e. The molecular formula is C6H6BrN3OS. The van der Waals surface area contributed by atoms with E-state index in [1.165, 1.54) is 6.21 Å². The second-order valence-electron chi connectivity index (χ2n) is 1.87. The Labute approximate surface area is 82.9 Å². The Morgan fingerprint density at radius 2 is 2.58 bits per heavy atom. The molecule has 0 bridgehead atoms. The van der Waals surface area contributed by atoms with Crippen LogP contribution in [0.2, 0.25) is 0 Å². The zero-order valence-electron chi connectivity index (χ0n) is 5.95. The zero-order chi connectivity index (χ0) is 8.97. The van der Waals surface area contributed by atoms with Crippen LogP contribution in [-0.2, 0) is 0 Å². The number of nitrogens with zero attached hydrogens (tertiary/aromatic N) is 1. The van der Waals surface area contributed by atoms with Gasteiger partial charge in [-0.3, -0.25) is 5.43 Å². The van der Waals surface area contributed by atoms with Crippen LogP contribution in [0.15, 0.2) is 26.3 Å². The molecule has 1 aromatic rings. The first-order valence-corrected chi connectivity index (χ1v) is 4.22. The lowest BCUT2D eigenvalue weighted by molar-refractivity contribution is 0.558. The van der Waals surface area contributed by atoms with Gasteiger partial charge in [0.25, 0.3) is 0 Å². The van der Waals surface area contributed by atoms with Crippen molar-refractivity contribution in [3.8, 4) is 0 Å². The number of nitrogens with two attached hydrogens (primary N) is 1. The average molecular weight is 248 g/mol. The number of halogens is 1. The van der Waals surface area contributed by atoms with Crippen molar-refractivity contribution in [1.29, 1.82) is 0 Å². The summed E-state index contributed by atoms with van der Waals surface area (Å²) in [5.41, 5.74) is 7.54. The van der Waals surface area contributed by atoms with Gasteiger partial charge in [0.2, 0.25) is 0 Å². The number of nitrogens with one attached hydrogen (secondary N) is 1. The Bertz CT molecular complexity index is 309. The lowest BCUT2D eigenvalue weighted by Crippen LogP contribution is -2.23. The number of thiocarbonyl (C=S) groups is 1. The number of hydrogen-bond donors (Lipinski definition) is 2. The van der Waals surface area contributed by atoms with Gasteiger partial charge in [-0.25, -0.2) is 0 Å². The maximum Gasteiger partial charge on any atom is 0.184 e. The Morgan fingerprint density at radius 1 is 1.83 bits per heavy atom. The first-order chi connectivity index (χ1) is 5.70. The molecule has 0 unspecified atom stereocenters. The summed E-state index contributed by atoms with van der Waals surface area (Å²) in [6.45, 7) is 0. The number of hydrogen-bond acceptors (Lipinski definition) is 3. The molecule has 0 aliphatic heterocycles. The highest BCUT2D eigenvalue weighted by atomic mass is 79.9. The van der Waals surface area contributed by atoms with E-state index >= 15 is 0 Å². The van der Waals surface area contributed by atoms with Crippen LogP contribution >= 0.6 is 28.1 Å². The molecule has 0 saturated carbocycles. The second kappa shape index (κ2) is 4.22. The predicted molar refractivity (Wildman–Crippen MR) is 53.9 cm³/mol. The van der Waals surface area contributed by atoms with E-state index in [9.17, 15) is 0 Å². The van der Waals surface area contributed by atoms with Gasteiger partial charge < -0.3 is 10.2 Å². The first kappa shape index (κ1) is 9.21. The normalized spacial score (nSPS) is 10.4. The number of furan rings is 1. The molecule has 0 fully saturated rings. The van der Waals surface area contributed by atoms with E-state index < -0.39 is 0 Å². The molecule has 1 aromatic heterocycles. The van der Waals surface area contributed by atoms with E-state index in [0.717, 1.165) is 4.47 Å². The molecule has 0 spiro atoms. The molecule has 12 heavy (non-hydrogen) atoms. The van der Waals surface area contributed by atoms with Crippen molar-refractivity contribution in [3.63, 3.8) is 0 Å². The molecule has 4 nitrogen and oxygen atoms in total. The summed E-state index contributed by atoms with van der Waals surface area (Å²) < 4.78 is 5.86. The standard InChI is InChI=1S/C6H6BrN3OS/c7-4-1-2-11-5(4)3-9-10-6(8)12/h1-3H,(H3,8,10,12)/b9-3+. The summed E-state index contributed by atoms with van der Waals surface area (Å²) in [6, 6.07) is 1.77. The molecule has 0 atom stereocenters. The minimum absolute atomic E-state index is 0.119. The topological polar surface area (TPSA) is 63.5 Å². The van der Waals surface area contributed by atoms with E-state index in [1.54, 1.807) is 12.3 Å². The van der Waals surface area contributed by atoms with E-state index in [0.29, 0.717) is 5.76 Å². The lowest BCUT2D eigenvalue weighted by Gasteiger charge is -1.91. The van der Waals surface area contributed by atoms with Crippen molar-refractivity contribution >= 4 is 39.5 Å². The van der Waals surface area contributed by atoms with Crippen molar-refractivity contribution in [3.05, 3.63) is 22.6 Å². The summed E-state index contributed by atoms with van der Waals surface area (Å²) in [6.07, 6.45) is 3.02. The lowest BCUT2D eigenvalue weighted by atomic mass is 10.5. The third-order valence-corrected chi connectivity index (χ3v) is 1.75. The maximum absolute atomic E-state index is 5.13. The molecule has 0 aliphatic carbocycles. The smallest absolute Gasteiger partial charge is 0.184 e.